The number of rotatable bonds is 1. The summed E-state index contributed by atoms with van der Waals surface area (Å²) in [5.41, 5.74) is 3.05. The maximum atomic E-state index is 9.17. The van der Waals surface area contributed by atoms with Gasteiger partial charge in [-0.3, -0.25) is 0 Å². The molecule has 0 atom stereocenters. The first kappa shape index (κ1) is 12.2. The number of hydrogen-bond donors (Lipinski definition) is 1. The first-order valence-electron chi connectivity index (χ1n) is 5.77. The number of pyridine rings is 1. The quantitative estimate of drug-likeness (QED) is 0.778. The largest absolute Gasteiger partial charge is 0.373 e. The van der Waals surface area contributed by atoms with Crippen LogP contribution in [0.3, 0.4) is 0 Å². The summed E-state index contributed by atoms with van der Waals surface area (Å²) in [7, 11) is 1.84. The average molecular weight is 250 g/mol. The second-order valence-electron chi connectivity index (χ2n) is 5.29. The Morgan fingerprint density at radius 1 is 1.41 bits per heavy atom. The third kappa shape index (κ3) is 2.10. The number of nitrogens with zero attached hydrogens (tertiary/aromatic N) is 2. The molecule has 1 heterocycles. The maximum Gasteiger partial charge on any atom is 0.149 e. The Balaban J connectivity index is 2.64. The van der Waals surface area contributed by atoms with Gasteiger partial charge < -0.3 is 5.32 Å². The number of aromatic nitrogens is 1. The molecule has 0 amide bonds. The van der Waals surface area contributed by atoms with E-state index in [0.717, 1.165) is 36.2 Å². The second kappa shape index (κ2) is 4.19. The lowest BCUT2D eigenvalue weighted by atomic mass is 9.73. The van der Waals surface area contributed by atoms with Crippen LogP contribution in [0.4, 0.5) is 5.82 Å². The summed E-state index contributed by atoms with van der Waals surface area (Å²) in [6, 6.07) is 2.18. The van der Waals surface area contributed by atoms with E-state index in [1.807, 2.05) is 7.05 Å². The smallest absolute Gasteiger partial charge is 0.149 e. The SMILES string of the molecule is CNc1nc(Cl)c(C#N)c2c1CC(C)(C)CC2. The molecule has 17 heavy (non-hydrogen) atoms. The molecule has 0 aromatic carbocycles. The maximum absolute atomic E-state index is 9.17. The minimum absolute atomic E-state index is 0.265. The highest BCUT2D eigenvalue weighted by Crippen LogP contribution is 2.40. The molecule has 1 aliphatic carbocycles. The Bertz CT molecular complexity index is 500. The first-order chi connectivity index (χ1) is 7.98. The van der Waals surface area contributed by atoms with Crippen molar-refractivity contribution in [2.75, 3.05) is 12.4 Å². The Labute approximate surface area is 107 Å². The van der Waals surface area contributed by atoms with Crippen LogP contribution < -0.4 is 5.32 Å². The number of halogens is 1. The van der Waals surface area contributed by atoms with Gasteiger partial charge in [0.25, 0.3) is 0 Å². The van der Waals surface area contributed by atoms with Gasteiger partial charge in [0.15, 0.2) is 0 Å². The topological polar surface area (TPSA) is 48.7 Å². The van der Waals surface area contributed by atoms with Crippen LogP contribution in [0, 0.1) is 16.7 Å². The van der Waals surface area contributed by atoms with Crippen LogP contribution in [0.5, 0.6) is 0 Å². The second-order valence-corrected chi connectivity index (χ2v) is 5.64. The minimum atomic E-state index is 0.265. The lowest BCUT2D eigenvalue weighted by Gasteiger charge is -2.32. The molecule has 4 heteroatoms. The van der Waals surface area contributed by atoms with Crippen LogP contribution in [0.1, 0.15) is 37.0 Å². The highest BCUT2D eigenvalue weighted by molar-refractivity contribution is 6.30. The normalized spacial score (nSPS) is 17.1. The molecule has 0 aliphatic heterocycles. The van der Waals surface area contributed by atoms with E-state index in [1.165, 1.54) is 0 Å². The van der Waals surface area contributed by atoms with Crippen molar-refractivity contribution in [1.29, 1.82) is 5.26 Å². The first-order valence-corrected chi connectivity index (χ1v) is 6.15. The zero-order chi connectivity index (χ0) is 12.6. The Hall–Kier alpha value is -1.27. The highest BCUT2D eigenvalue weighted by Gasteiger charge is 2.30. The van der Waals surface area contributed by atoms with Gasteiger partial charge >= 0.3 is 0 Å². The lowest BCUT2D eigenvalue weighted by molar-refractivity contribution is 0.315. The molecule has 2 rings (SSSR count). The van der Waals surface area contributed by atoms with Crippen molar-refractivity contribution in [3.63, 3.8) is 0 Å². The molecular formula is C13H16ClN3. The molecule has 0 saturated heterocycles. The number of hydrogen-bond acceptors (Lipinski definition) is 3. The highest BCUT2D eigenvalue weighted by atomic mass is 35.5. The summed E-state index contributed by atoms with van der Waals surface area (Å²) in [6.07, 6.45) is 2.93. The van der Waals surface area contributed by atoms with Crippen LogP contribution in [0.15, 0.2) is 0 Å². The van der Waals surface area contributed by atoms with Crippen molar-refractivity contribution in [2.45, 2.75) is 33.1 Å². The van der Waals surface area contributed by atoms with Crippen molar-refractivity contribution in [2.24, 2.45) is 5.41 Å². The minimum Gasteiger partial charge on any atom is -0.373 e. The molecule has 3 nitrogen and oxygen atoms in total. The van der Waals surface area contributed by atoms with Crippen molar-refractivity contribution in [3.05, 3.63) is 21.8 Å². The monoisotopic (exact) mass is 249 g/mol. The molecule has 0 spiro atoms. The molecule has 0 fully saturated rings. The zero-order valence-electron chi connectivity index (χ0n) is 10.4. The summed E-state index contributed by atoms with van der Waals surface area (Å²) in [5.74, 6) is 0.816. The standard InChI is InChI=1S/C13H16ClN3/c1-13(2)5-4-8-9(6-13)12(16-3)17-11(14)10(8)7-15/h4-6H2,1-3H3,(H,16,17). The molecule has 1 aliphatic rings. The molecule has 0 bridgehead atoms. The van der Waals surface area contributed by atoms with Crippen LogP contribution in [0.25, 0.3) is 0 Å². The molecule has 90 valence electrons. The van der Waals surface area contributed by atoms with E-state index in [4.69, 9.17) is 11.6 Å². The fourth-order valence-corrected chi connectivity index (χ4v) is 2.70. The number of nitriles is 1. The van der Waals surface area contributed by atoms with Gasteiger partial charge in [-0.25, -0.2) is 4.98 Å². The van der Waals surface area contributed by atoms with E-state index in [9.17, 15) is 5.26 Å². The molecule has 0 unspecified atom stereocenters. The summed E-state index contributed by atoms with van der Waals surface area (Å²) in [6.45, 7) is 4.49. The van der Waals surface area contributed by atoms with Gasteiger partial charge in [0.1, 0.15) is 17.0 Å². The Morgan fingerprint density at radius 3 is 2.71 bits per heavy atom. The molecule has 1 N–H and O–H groups in total. The van der Waals surface area contributed by atoms with Crippen LogP contribution in [-0.2, 0) is 12.8 Å². The molecule has 1 aromatic rings. The predicted molar refractivity (Wildman–Crippen MR) is 69.3 cm³/mol. The Kier molecular flexibility index (Phi) is 3.01. The van der Waals surface area contributed by atoms with E-state index in [-0.39, 0.29) is 5.41 Å². The van der Waals surface area contributed by atoms with E-state index in [2.05, 4.69) is 30.2 Å². The van der Waals surface area contributed by atoms with Gasteiger partial charge in [-0.15, -0.1) is 0 Å². The van der Waals surface area contributed by atoms with Crippen molar-refractivity contribution in [1.82, 2.24) is 4.98 Å². The van der Waals surface area contributed by atoms with Gasteiger partial charge in [0.2, 0.25) is 0 Å². The van der Waals surface area contributed by atoms with Gasteiger partial charge in [-0.2, -0.15) is 5.26 Å². The molecule has 0 radical (unpaired) electrons. The number of fused-ring (bicyclic) bond motifs is 1. The summed E-state index contributed by atoms with van der Waals surface area (Å²) in [4.78, 5) is 4.27. The van der Waals surface area contributed by atoms with E-state index in [0.29, 0.717) is 10.7 Å². The summed E-state index contributed by atoms with van der Waals surface area (Å²) >= 11 is 6.04. The van der Waals surface area contributed by atoms with Gasteiger partial charge in [0, 0.05) is 7.05 Å². The van der Waals surface area contributed by atoms with Crippen LogP contribution >= 0.6 is 11.6 Å². The van der Waals surface area contributed by atoms with Crippen molar-refractivity contribution in [3.8, 4) is 6.07 Å². The molecule has 0 saturated carbocycles. The van der Waals surface area contributed by atoms with E-state index >= 15 is 0 Å². The number of anilines is 1. The molecular weight excluding hydrogens is 234 g/mol. The Morgan fingerprint density at radius 2 is 2.12 bits per heavy atom. The van der Waals surface area contributed by atoms with E-state index < -0.39 is 0 Å². The fraction of sp³-hybridized carbons (Fsp3) is 0.538. The molecule has 1 aromatic heterocycles. The van der Waals surface area contributed by atoms with Gasteiger partial charge in [-0.1, -0.05) is 25.4 Å². The van der Waals surface area contributed by atoms with Gasteiger partial charge in [-0.05, 0) is 35.8 Å². The van der Waals surface area contributed by atoms with Crippen molar-refractivity contribution >= 4 is 17.4 Å². The lowest BCUT2D eigenvalue weighted by Crippen LogP contribution is -2.24. The van der Waals surface area contributed by atoms with Crippen LogP contribution in [-0.4, -0.2) is 12.0 Å². The third-order valence-electron chi connectivity index (χ3n) is 3.42. The average Bonchev–Trinajstić information content (AvgIpc) is 2.27. The van der Waals surface area contributed by atoms with Crippen LogP contribution in [0.2, 0.25) is 5.15 Å². The number of nitrogens with one attached hydrogen (secondary N) is 1. The zero-order valence-corrected chi connectivity index (χ0v) is 11.1. The summed E-state index contributed by atoms with van der Waals surface area (Å²) in [5, 5.41) is 12.6. The predicted octanol–water partition coefficient (Wildman–Crippen LogP) is 3.16. The van der Waals surface area contributed by atoms with Crippen molar-refractivity contribution < 1.29 is 0 Å². The third-order valence-corrected chi connectivity index (χ3v) is 3.70. The van der Waals surface area contributed by atoms with E-state index in [1.54, 1.807) is 0 Å². The fourth-order valence-electron chi connectivity index (χ4n) is 2.46. The van der Waals surface area contributed by atoms with Gasteiger partial charge in [0.05, 0.1) is 5.56 Å². The summed E-state index contributed by atoms with van der Waals surface area (Å²) < 4.78 is 0.